The van der Waals surface area contributed by atoms with E-state index < -0.39 is 26.7 Å². The summed E-state index contributed by atoms with van der Waals surface area (Å²) in [6, 6.07) is 16.0. The number of rotatable bonds is 8. The Balaban J connectivity index is 1.79. The molecule has 0 aliphatic heterocycles. The normalized spacial score (nSPS) is 11.7. The molecule has 4 aromatic carbocycles. The summed E-state index contributed by atoms with van der Waals surface area (Å²) in [5.41, 5.74) is 0.432. The van der Waals surface area contributed by atoms with Crippen LogP contribution in [0.4, 0.5) is 17.1 Å². The quantitative estimate of drug-likeness (QED) is 0.142. The van der Waals surface area contributed by atoms with Crippen molar-refractivity contribution in [1.29, 1.82) is 0 Å². The standard InChI is InChI=1S/C27H23Cl2N3O6S/c1-3-15-9-11-21(26(23(15)29)39(35,36)37)31-32-24-18-8-6-5-7-16(18)13-19(25(24)33)27(34)30-17-10-12-22(38-4-2)20(28)14-17/h5-14,33H,3-4H2,1-2H3,(H,30,34)(H,35,36,37). The van der Waals surface area contributed by atoms with E-state index >= 15 is 0 Å². The van der Waals surface area contributed by atoms with Crippen molar-refractivity contribution in [3.05, 3.63) is 81.8 Å². The number of halogens is 2. The van der Waals surface area contributed by atoms with Gasteiger partial charge in [-0.25, -0.2) is 0 Å². The lowest BCUT2D eigenvalue weighted by molar-refractivity contribution is 0.102. The predicted molar refractivity (Wildman–Crippen MR) is 151 cm³/mol. The molecular weight excluding hydrogens is 565 g/mol. The van der Waals surface area contributed by atoms with E-state index in [-0.39, 0.29) is 22.0 Å². The summed E-state index contributed by atoms with van der Waals surface area (Å²) >= 11 is 12.5. The molecule has 0 radical (unpaired) electrons. The van der Waals surface area contributed by atoms with E-state index in [0.717, 1.165) is 0 Å². The van der Waals surface area contributed by atoms with E-state index in [4.69, 9.17) is 27.9 Å². The lowest BCUT2D eigenvalue weighted by Gasteiger charge is -2.12. The van der Waals surface area contributed by atoms with Crippen LogP contribution in [0.2, 0.25) is 10.0 Å². The summed E-state index contributed by atoms with van der Waals surface area (Å²) in [6.07, 6.45) is 0.418. The van der Waals surface area contributed by atoms with Gasteiger partial charge in [0.2, 0.25) is 0 Å². The second-order valence-corrected chi connectivity index (χ2v) is 10.4. The summed E-state index contributed by atoms with van der Waals surface area (Å²) < 4.78 is 39.4. The number of benzene rings is 4. The van der Waals surface area contributed by atoms with Crippen molar-refractivity contribution in [2.24, 2.45) is 10.2 Å². The van der Waals surface area contributed by atoms with Gasteiger partial charge >= 0.3 is 0 Å². The maximum Gasteiger partial charge on any atom is 0.298 e. The van der Waals surface area contributed by atoms with Crippen LogP contribution in [0, 0.1) is 0 Å². The van der Waals surface area contributed by atoms with Crippen LogP contribution in [-0.4, -0.2) is 30.6 Å². The number of phenols is 1. The van der Waals surface area contributed by atoms with E-state index in [9.17, 15) is 22.9 Å². The largest absolute Gasteiger partial charge is 0.505 e. The first-order valence-corrected chi connectivity index (χ1v) is 13.9. The molecule has 4 aromatic rings. The average Bonchev–Trinajstić information content (AvgIpc) is 2.88. The van der Waals surface area contributed by atoms with Gasteiger partial charge in [0.25, 0.3) is 16.0 Å². The third-order valence-electron chi connectivity index (χ3n) is 5.78. The number of hydrogen-bond donors (Lipinski definition) is 3. The number of carbonyl (C=O) groups is 1. The fourth-order valence-electron chi connectivity index (χ4n) is 3.93. The lowest BCUT2D eigenvalue weighted by atomic mass is 10.0. The van der Waals surface area contributed by atoms with Crippen LogP contribution in [0.3, 0.4) is 0 Å². The summed E-state index contributed by atoms with van der Waals surface area (Å²) in [5, 5.41) is 23.0. The molecule has 12 heteroatoms. The van der Waals surface area contributed by atoms with Gasteiger partial charge in [0, 0.05) is 11.1 Å². The van der Waals surface area contributed by atoms with Crippen LogP contribution in [0.15, 0.2) is 75.8 Å². The summed E-state index contributed by atoms with van der Waals surface area (Å²) in [4.78, 5) is 12.6. The fraction of sp³-hybridized carbons (Fsp3) is 0.148. The molecule has 0 fully saturated rings. The van der Waals surface area contributed by atoms with E-state index in [0.29, 0.717) is 45.8 Å². The first-order valence-electron chi connectivity index (χ1n) is 11.7. The number of aromatic hydroxyl groups is 1. The van der Waals surface area contributed by atoms with Crippen molar-refractivity contribution >= 4 is 67.1 Å². The molecule has 0 atom stereocenters. The molecule has 0 aliphatic carbocycles. The number of azo groups is 1. The lowest BCUT2D eigenvalue weighted by Crippen LogP contribution is -2.12. The number of nitrogens with zero attached hydrogens (tertiary/aromatic N) is 2. The number of amides is 1. The van der Waals surface area contributed by atoms with Crippen molar-refractivity contribution in [2.75, 3.05) is 11.9 Å². The first kappa shape index (κ1) is 28.3. The SMILES string of the molecule is CCOc1ccc(NC(=O)c2cc3ccccc3c(N=Nc3ccc(CC)c(Cl)c3S(=O)(=O)O)c2O)cc1Cl. The molecule has 202 valence electrons. The topological polar surface area (TPSA) is 138 Å². The molecule has 0 aromatic heterocycles. The van der Waals surface area contributed by atoms with Gasteiger partial charge in [0.05, 0.1) is 22.2 Å². The van der Waals surface area contributed by atoms with E-state index in [1.54, 1.807) is 49.4 Å². The number of nitrogens with one attached hydrogen (secondary N) is 1. The highest BCUT2D eigenvalue weighted by molar-refractivity contribution is 7.86. The molecular formula is C27H23Cl2N3O6S. The Bertz CT molecular complexity index is 1720. The predicted octanol–water partition coefficient (Wildman–Crippen LogP) is 7.73. The first-order chi connectivity index (χ1) is 18.5. The third-order valence-corrected chi connectivity index (χ3v) is 7.55. The average molecular weight is 588 g/mol. The van der Waals surface area contributed by atoms with Gasteiger partial charge in [-0.05, 0) is 54.6 Å². The fourth-order valence-corrected chi connectivity index (χ4v) is 5.48. The summed E-state index contributed by atoms with van der Waals surface area (Å²) in [5.74, 6) is -0.676. The van der Waals surface area contributed by atoms with Crippen LogP contribution in [0.1, 0.15) is 29.8 Å². The van der Waals surface area contributed by atoms with Gasteiger partial charge < -0.3 is 15.2 Å². The number of fused-ring (bicyclic) bond motifs is 1. The Labute approximate surface area is 234 Å². The van der Waals surface area contributed by atoms with Crippen molar-refractivity contribution < 1.29 is 27.6 Å². The van der Waals surface area contributed by atoms with E-state index in [2.05, 4.69) is 15.5 Å². The van der Waals surface area contributed by atoms with E-state index in [1.165, 1.54) is 18.2 Å². The van der Waals surface area contributed by atoms with Gasteiger partial charge in [-0.15, -0.1) is 10.2 Å². The van der Waals surface area contributed by atoms with Crippen LogP contribution in [0.5, 0.6) is 11.5 Å². The maximum atomic E-state index is 13.2. The van der Waals surface area contributed by atoms with Gasteiger partial charge in [-0.3, -0.25) is 9.35 Å². The highest BCUT2D eigenvalue weighted by Gasteiger charge is 2.23. The van der Waals surface area contributed by atoms with Crippen LogP contribution >= 0.6 is 23.2 Å². The van der Waals surface area contributed by atoms with Crippen molar-refractivity contribution in [2.45, 2.75) is 25.2 Å². The Morgan fingerprint density at radius 2 is 1.77 bits per heavy atom. The molecule has 0 saturated carbocycles. The minimum atomic E-state index is -4.75. The summed E-state index contributed by atoms with van der Waals surface area (Å²) in [7, 11) is -4.75. The van der Waals surface area contributed by atoms with Gasteiger partial charge in [0.1, 0.15) is 22.0 Å². The highest BCUT2D eigenvalue weighted by Crippen LogP contribution is 2.41. The van der Waals surface area contributed by atoms with Gasteiger partial charge in [-0.1, -0.05) is 60.5 Å². The minimum absolute atomic E-state index is 0.0834. The molecule has 0 unspecified atom stereocenters. The van der Waals surface area contributed by atoms with E-state index in [1.807, 2.05) is 6.92 Å². The smallest absolute Gasteiger partial charge is 0.298 e. The zero-order valence-electron chi connectivity index (χ0n) is 20.8. The number of anilines is 1. The molecule has 4 rings (SSSR count). The molecule has 3 N–H and O–H groups in total. The Morgan fingerprint density at radius 3 is 2.44 bits per heavy atom. The number of carbonyl (C=O) groups excluding carboxylic acids is 1. The molecule has 0 spiro atoms. The van der Waals surface area contributed by atoms with Crippen LogP contribution in [0.25, 0.3) is 10.8 Å². The number of ether oxygens (including phenoxy) is 1. The van der Waals surface area contributed by atoms with Crippen molar-refractivity contribution in [3.8, 4) is 11.5 Å². The molecule has 0 aliphatic rings. The second-order valence-electron chi connectivity index (χ2n) is 8.29. The molecule has 0 heterocycles. The molecule has 39 heavy (non-hydrogen) atoms. The highest BCUT2D eigenvalue weighted by atomic mass is 35.5. The minimum Gasteiger partial charge on any atom is -0.505 e. The Hall–Kier alpha value is -3.70. The van der Waals surface area contributed by atoms with Crippen LogP contribution < -0.4 is 10.1 Å². The molecule has 1 amide bonds. The monoisotopic (exact) mass is 587 g/mol. The zero-order chi connectivity index (χ0) is 28.3. The summed E-state index contributed by atoms with van der Waals surface area (Å²) in [6.45, 7) is 4.02. The molecule has 9 nitrogen and oxygen atoms in total. The third kappa shape index (κ3) is 5.99. The molecule has 0 bridgehead atoms. The van der Waals surface area contributed by atoms with Gasteiger partial charge in [0.15, 0.2) is 5.75 Å². The van der Waals surface area contributed by atoms with Crippen molar-refractivity contribution in [3.63, 3.8) is 0 Å². The number of hydrogen-bond acceptors (Lipinski definition) is 7. The number of phenolic OH excluding ortho intramolecular Hbond substituents is 1. The Morgan fingerprint density at radius 1 is 1.03 bits per heavy atom. The maximum absolute atomic E-state index is 13.2. The molecule has 0 saturated heterocycles. The second kappa shape index (κ2) is 11.6. The zero-order valence-corrected chi connectivity index (χ0v) is 23.1. The van der Waals surface area contributed by atoms with Crippen molar-refractivity contribution in [1.82, 2.24) is 0 Å². The Kier molecular flexibility index (Phi) is 8.41. The number of aryl methyl sites for hydroxylation is 1. The van der Waals surface area contributed by atoms with Crippen LogP contribution in [-0.2, 0) is 16.5 Å². The van der Waals surface area contributed by atoms with Gasteiger partial charge in [-0.2, -0.15) is 8.42 Å².